The fourth-order valence-electron chi connectivity index (χ4n) is 3.45. The third-order valence-electron chi connectivity index (χ3n) is 4.86. The van der Waals surface area contributed by atoms with Crippen molar-refractivity contribution in [3.05, 3.63) is 84.3 Å². The lowest BCUT2D eigenvalue weighted by Crippen LogP contribution is -2.36. The monoisotopic (exact) mass is 440 g/mol. The molecule has 0 bridgehead atoms. The van der Waals surface area contributed by atoms with Crippen LogP contribution in [0.15, 0.2) is 82.3 Å². The summed E-state index contributed by atoms with van der Waals surface area (Å²) < 4.78 is 39.9. The zero-order chi connectivity index (χ0) is 21.8. The van der Waals surface area contributed by atoms with Crippen LogP contribution in [0.4, 0.5) is 5.69 Å². The number of carbonyl (C=O) groups excluding carboxylic acids is 1. The fourth-order valence-corrected chi connectivity index (χ4v) is 4.52. The van der Waals surface area contributed by atoms with Crippen LogP contribution < -0.4 is 10.1 Å². The molecule has 2 aromatic carbocycles. The second-order valence-corrected chi connectivity index (χ2v) is 8.69. The third-order valence-corrected chi connectivity index (χ3v) is 6.25. The van der Waals surface area contributed by atoms with E-state index in [2.05, 4.69) is 10.1 Å². The van der Waals surface area contributed by atoms with Gasteiger partial charge in [0.25, 0.3) is 10.0 Å². The van der Waals surface area contributed by atoms with Gasteiger partial charge in [-0.3, -0.25) is 4.72 Å². The number of methoxy groups -OCH3 is 1. The van der Waals surface area contributed by atoms with Gasteiger partial charge >= 0.3 is 5.91 Å². The Morgan fingerprint density at radius 2 is 1.97 bits per heavy atom. The average Bonchev–Trinajstić information content (AvgIpc) is 3.44. The van der Waals surface area contributed by atoms with Gasteiger partial charge in [-0.2, -0.15) is 5.43 Å². The summed E-state index contributed by atoms with van der Waals surface area (Å²) in [5.74, 6) is 0.438. The molecule has 1 aliphatic heterocycles. The maximum atomic E-state index is 12.7. The lowest BCUT2D eigenvalue weighted by Gasteiger charge is -2.09. The van der Waals surface area contributed by atoms with E-state index in [0.29, 0.717) is 29.1 Å². The molecule has 0 radical (unpaired) electrons. The van der Waals surface area contributed by atoms with Gasteiger partial charge in [0.15, 0.2) is 6.61 Å². The second-order valence-electron chi connectivity index (χ2n) is 7.01. The molecule has 0 aliphatic carbocycles. The molecule has 1 aromatic heterocycles. The third kappa shape index (κ3) is 4.52. The molecular weight excluding hydrogens is 418 g/mol. The SMILES string of the molecule is COCC(=O)[N+]1=C(c2cccc(NS(=O)(=O)c3ccccc3)c2)CC(c2ccco2)N1. The maximum Gasteiger partial charge on any atom is 0.440 e. The summed E-state index contributed by atoms with van der Waals surface area (Å²) in [4.78, 5) is 12.8. The molecule has 3 aromatic rings. The van der Waals surface area contributed by atoms with Crippen LogP contribution >= 0.6 is 0 Å². The zero-order valence-corrected chi connectivity index (χ0v) is 17.6. The van der Waals surface area contributed by atoms with Gasteiger partial charge in [-0.1, -0.05) is 24.3 Å². The predicted octanol–water partition coefficient (Wildman–Crippen LogP) is 2.70. The Morgan fingerprint density at radius 1 is 1.16 bits per heavy atom. The summed E-state index contributed by atoms with van der Waals surface area (Å²) >= 11 is 0. The predicted molar refractivity (Wildman–Crippen MR) is 114 cm³/mol. The largest absolute Gasteiger partial charge is 0.467 e. The Kier molecular flexibility index (Phi) is 5.88. The van der Waals surface area contributed by atoms with Gasteiger partial charge in [0, 0.05) is 18.4 Å². The number of anilines is 1. The van der Waals surface area contributed by atoms with Crippen LogP contribution in [-0.4, -0.2) is 38.4 Å². The Bertz CT molecular complexity index is 1200. The van der Waals surface area contributed by atoms with Gasteiger partial charge < -0.3 is 9.15 Å². The molecule has 1 aliphatic rings. The van der Waals surface area contributed by atoms with E-state index in [1.54, 1.807) is 48.7 Å². The number of amides is 1. The van der Waals surface area contributed by atoms with Crippen LogP contribution in [0.3, 0.4) is 0 Å². The number of nitrogens with one attached hydrogen (secondary N) is 2. The molecule has 0 saturated heterocycles. The van der Waals surface area contributed by atoms with E-state index in [4.69, 9.17) is 9.15 Å². The molecule has 2 heterocycles. The van der Waals surface area contributed by atoms with Crippen molar-refractivity contribution in [3.63, 3.8) is 0 Å². The molecule has 0 spiro atoms. The summed E-state index contributed by atoms with van der Waals surface area (Å²) in [6.07, 6.45) is 2.06. The number of hydrazone groups is 1. The van der Waals surface area contributed by atoms with Crippen molar-refractivity contribution < 1.29 is 27.1 Å². The van der Waals surface area contributed by atoms with Crippen LogP contribution in [0.2, 0.25) is 0 Å². The Hall–Kier alpha value is -3.43. The van der Waals surface area contributed by atoms with E-state index in [1.807, 2.05) is 12.1 Å². The molecule has 4 rings (SSSR count). The summed E-state index contributed by atoms with van der Waals surface area (Å²) in [6.45, 7) is -0.0955. The Labute approximate surface area is 180 Å². The smallest absolute Gasteiger partial charge is 0.440 e. The molecule has 1 unspecified atom stereocenters. The first-order valence-corrected chi connectivity index (χ1v) is 11.1. The van der Waals surface area contributed by atoms with E-state index in [0.717, 1.165) is 0 Å². The topological polar surface area (TPSA) is 101 Å². The number of furan rings is 1. The van der Waals surface area contributed by atoms with Crippen molar-refractivity contribution in [1.29, 1.82) is 0 Å². The summed E-state index contributed by atoms with van der Waals surface area (Å²) in [6, 6.07) is 18.5. The minimum absolute atomic E-state index is 0.0955. The van der Waals surface area contributed by atoms with Gasteiger partial charge in [-0.05, 0) is 47.1 Å². The Morgan fingerprint density at radius 3 is 2.68 bits per heavy atom. The standard InChI is InChI=1S/C22H22N3O5S/c1-29-15-22(26)25-20(14-19(23-25)21-11-6-12-30-21)16-7-5-8-17(13-16)24-31(27,28)18-9-3-2-4-10-18/h2-13,19,23-24H,14-15H2,1H3/q+1. The molecule has 1 atom stereocenters. The van der Waals surface area contributed by atoms with Crippen LogP contribution in [-0.2, 0) is 19.6 Å². The lowest BCUT2D eigenvalue weighted by atomic mass is 10.0. The van der Waals surface area contributed by atoms with Crippen molar-refractivity contribution >= 4 is 27.3 Å². The number of carbonyl (C=O) groups is 1. The highest BCUT2D eigenvalue weighted by molar-refractivity contribution is 7.92. The van der Waals surface area contributed by atoms with Gasteiger partial charge in [0.05, 0.1) is 17.6 Å². The number of hydrogen-bond donors (Lipinski definition) is 2. The van der Waals surface area contributed by atoms with Gasteiger partial charge in [0.2, 0.25) is 5.71 Å². The van der Waals surface area contributed by atoms with Crippen molar-refractivity contribution in [2.75, 3.05) is 18.4 Å². The summed E-state index contributed by atoms with van der Waals surface area (Å²) in [5.41, 5.74) is 4.96. The molecular formula is C22H22N3O5S+. The highest BCUT2D eigenvalue weighted by Gasteiger charge is 2.39. The second kappa shape index (κ2) is 8.75. The quantitative estimate of drug-likeness (QED) is 0.548. The highest BCUT2D eigenvalue weighted by atomic mass is 32.2. The minimum atomic E-state index is -3.73. The minimum Gasteiger partial charge on any atom is -0.467 e. The first-order chi connectivity index (χ1) is 15.0. The normalized spacial score (nSPS) is 16.2. The number of benzene rings is 2. The van der Waals surface area contributed by atoms with Crippen molar-refractivity contribution in [1.82, 2.24) is 5.43 Å². The van der Waals surface area contributed by atoms with Gasteiger partial charge in [-0.15, -0.1) is 0 Å². The number of rotatable bonds is 7. The molecule has 9 heteroatoms. The summed E-state index contributed by atoms with van der Waals surface area (Å²) in [7, 11) is -2.27. The molecule has 8 nitrogen and oxygen atoms in total. The Balaban J connectivity index is 1.65. The lowest BCUT2D eigenvalue weighted by molar-refractivity contribution is -0.507. The first-order valence-electron chi connectivity index (χ1n) is 9.63. The number of nitrogens with zero attached hydrogens (tertiary/aromatic N) is 1. The fraction of sp³-hybridized carbons (Fsp3) is 0.182. The van der Waals surface area contributed by atoms with Gasteiger partial charge in [-0.25, -0.2) is 13.2 Å². The van der Waals surface area contributed by atoms with E-state index >= 15 is 0 Å². The van der Waals surface area contributed by atoms with Crippen LogP contribution in [0, 0.1) is 0 Å². The van der Waals surface area contributed by atoms with E-state index in [1.165, 1.54) is 23.9 Å². The highest BCUT2D eigenvalue weighted by Crippen LogP contribution is 2.26. The number of hydrazine groups is 1. The van der Waals surface area contributed by atoms with Crippen molar-refractivity contribution in [2.45, 2.75) is 17.4 Å². The van der Waals surface area contributed by atoms with Crippen LogP contribution in [0.5, 0.6) is 0 Å². The van der Waals surface area contributed by atoms with Crippen LogP contribution in [0.25, 0.3) is 0 Å². The average molecular weight is 441 g/mol. The summed E-state index contributed by atoms with van der Waals surface area (Å²) in [5, 5.41) is 0. The molecule has 2 N–H and O–H groups in total. The molecule has 31 heavy (non-hydrogen) atoms. The van der Waals surface area contributed by atoms with E-state index < -0.39 is 10.0 Å². The molecule has 0 fully saturated rings. The van der Waals surface area contributed by atoms with Crippen molar-refractivity contribution in [3.8, 4) is 0 Å². The van der Waals surface area contributed by atoms with Crippen molar-refractivity contribution in [2.24, 2.45) is 0 Å². The number of ether oxygens (including phenoxy) is 1. The van der Waals surface area contributed by atoms with Gasteiger partial charge in [0.1, 0.15) is 11.8 Å². The maximum absolute atomic E-state index is 12.7. The number of sulfonamides is 1. The van der Waals surface area contributed by atoms with E-state index in [9.17, 15) is 13.2 Å². The zero-order valence-electron chi connectivity index (χ0n) is 16.8. The van der Waals surface area contributed by atoms with E-state index in [-0.39, 0.29) is 23.5 Å². The molecule has 1 amide bonds. The first kappa shape index (κ1) is 20.8. The molecule has 160 valence electrons. The molecule has 0 saturated carbocycles. The number of hydrogen-bond acceptors (Lipinski definition) is 6. The van der Waals surface area contributed by atoms with Crippen LogP contribution in [0.1, 0.15) is 23.8 Å².